The van der Waals surface area contributed by atoms with Crippen molar-refractivity contribution in [2.45, 2.75) is 160 Å². The topological polar surface area (TPSA) is 268 Å². The maximum atomic E-state index is 11.9. The lowest BCUT2D eigenvalue weighted by Crippen LogP contribution is -2.33. The van der Waals surface area contributed by atoms with E-state index in [0.29, 0.717) is 67.7 Å². The van der Waals surface area contributed by atoms with E-state index in [1.165, 1.54) is 26.4 Å². The Kier molecular flexibility index (Phi) is 25.3. The fourth-order valence-corrected chi connectivity index (χ4v) is 17.9. The molecule has 103 heavy (non-hydrogen) atoms. The summed E-state index contributed by atoms with van der Waals surface area (Å²) in [7, 11) is 0. The number of carbonyl (C=O) groups excluding carboxylic acids is 6. The highest BCUT2D eigenvalue weighted by Gasteiger charge is 2.31. The highest BCUT2D eigenvalue weighted by Crippen LogP contribution is 2.36. The number of allylic oxidation sites excluding steroid dienone is 3. The van der Waals surface area contributed by atoms with Crippen molar-refractivity contribution in [2.24, 2.45) is 17.8 Å². The summed E-state index contributed by atoms with van der Waals surface area (Å²) >= 11 is 6.52. The van der Waals surface area contributed by atoms with E-state index in [2.05, 4.69) is 115 Å². The maximum Gasteiger partial charge on any atom is 0.201 e. The van der Waals surface area contributed by atoms with Crippen LogP contribution >= 0.6 is 58.0 Å². The minimum absolute atomic E-state index is 0.0121. The van der Waals surface area contributed by atoms with E-state index in [1.807, 2.05) is 42.7 Å². The van der Waals surface area contributed by atoms with Crippen molar-refractivity contribution in [3.8, 4) is 33.3 Å². The number of hydrogen-bond acceptors (Lipinski definition) is 24. The van der Waals surface area contributed by atoms with E-state index in [9.17, 15) is 28.8 Å². The van der Waals surface area contributed by atoms with Gasteiger partial charge in [0, 0.05) is 110 Å². The van der Waals surface area contributed by atoms with Gasteiger partial charge >= 0.3 is 0 Å². The second kappa shape index (κ2) is 35.8. The number of Topliss-reactive ketones (excluding diaryl/α,β-unsaturated/α-hetero) is 3. The van der Waals surface area contributed by atoms with Gasteiger partial charge in [-0.1, -0.05) is 18.2 Å². The van der Waals surface area contributed by atoms with Gasteiger partial charge in [-0.2, -0.15) is 11.3 Å². The van der Waals surface area contributed by atoms with Crippen LogP contribution in [0.25, 0.3) is 51.5 Å². The van der Waals surface area contributed by atoms with E-state index >= 15 is 0 Å². The number of ketones is 3. The summed E-state index contributed by atoms with van der Waals surface area (Å²) in [6.07, 6.45) is 33.6. The molecule has 15 rings (SSSR count). The summed E-state index contributed by atoms with van der Waals surface area (Å²) in [5, 5.41) is 15.2. The summed E-state index contributed by atoms with van der Waals surface area (Å²) in [6.45, 7) is 4.55. The molecule has 0 spiro atoms. The minimum atomic E-state index is -0.122. The van der Waals surface area contributed by atoms with Crippen LogP contribution in [-0.4, -0.2) is 95.7 Å². The summed E-state index contributed by atoms with van der Waals surface area (Å²) in [4.78, 5) is 115. The number of nitrogens with one attached hydrogen (secondary N) is 3. The Bertz CT molecular complexity index is 4380. The van der Waals surface area contributed by atoms with Crippen molar-refractivity contribution in [1.82, 2.24) is 60.8 Å². The summed E-state index contributed by atoms with van der Waals surface area (Å²) < 4.78 is 5.54. The Morgan fingerprint density at radius 2 is 0.845 bits per heavy atom. The molecule has 3 aliphatic heterocycles. The van der Waals surface area contributed by atoms with Crippen molar-refractivity contribution < 1.29 is 33.2 Å². The molecule has 0 radical (unpaired) electrons. The van der Waals surface area contributed by atoms with Gasteiger partial charge < -0.3 is 20.4 Å². The smallest absolute Gasteiger partial charge is 0.201 e. The lowest BCUT2D eigenvalue weighted by molar-refractivity contribution is -0.120. The van der Waals surface area contributed by atoms with Crippen LogP contribution in [0.4, 0.5) is 0 Å². The van der Waals surface area contributed by atoms with E-state index in [0.717, 1.165) is 197 Å². The molecule has 3 saturated carbocycles. The molecular formula is C79H80N12O7S5. The van der Waals surface area contributed by atoms with Crippen molar-refractivity contribution >= 4 is 109 Å². The number of rotatable bonds is 21. The Morgan fingerprint density at radius 1 is 0.437 bits per heavy atom. The molecule has 3 aliphatic carbocycles. The first-order chi connectivity index (χ1) is 50.3. The average molecular weight is 1470 g/mol. The van der Waals surface area contributed by atoms with E-state index in [-0.39, 0.29) is 52.0 Å². The Morgan fingerprint density at radius 3 is 1.21 bits per heavy atom. The van der Waals surface area contributed by atoms with Crippen molar-refractivity contribution in [2.75, 3.05) is 0 Å². The molecule has 3 N–H and O–H groups in total. The molecule has 3 saturated heterocycles. The predicted octanol–water partition coefficient (Wildman–Crippen LogP) is 15.0. The molecule has 6 aliphatic rings. The molecule has 19 nitrogen and oxygen atoms in total. The van der Waals surface area contributed by atoms with Crippen molar-refractivity contribution in [3.05, 3.63) is 210 Å². The van der Waals surface area contributed by atoms with Gasteiger partial charge in [0.2, 0.25) is 15.3 Å². The van der Waals surface area contributed by atoms with Gasteiger partial charge in [0.1, 0.15) is 23.2 Å². The van der Waals surface area contributed by atoms with Crippen LogP contribution in [-0.2, 0) is 67.7 Å². The monoisotopic (exact) mass is 1470 g/mol. The minimum Gasteiger partial charge on any atom is -0.463 e. The fraction of sp³-hybridized carbons (Fsp3) is 0.354. The summed E-state index contributed by atoms with van der Waals surface area (Å²) in [6, 6.07) is 29.5. The molecule has 6 fully saturated rings. The second-order valence-electron chi connectivity index (χ2n) is 26.8. The largest absolute Gasteiger partial charge is 0.463 e. The molecule has 24 heteroatoms. The van der Waals surface area contributed by atoms with Crippen molar-refractivity contribution in [1.29, 1.82) is 0 Å². The third kappa shape index (κ3) is 20.7. The van der Waals surface area contributed by atoms with Crippen LogP contribution in [0.15, 0.2) is 158 Å². The van der Waals surface area contributed by atoms with Gasteiger partial charge in [0.25, 0.3) is 0 Å². The standard InChI is InChI=1S/C27H28N4O2S2.C26H26N4O3S.C26H26N4O2S2/c1-17-4-9-23(34-17)27-19(3-2-11-29-27)16-30-20-7-5-18(6-8-20)13-25-28-12-10-21(31-25)14-24-22(32)15-26(33)35-24;31-21-15-25(32)34-23(21)14-20-9-11-27-24(30-20)13-17-5-7-19(8-6-17)29-16-18-3-1-10-28-26(18)22-4-2-12-33-22;31-22-14-25(32)34-23(22)13-21-7-10-27-24(30-21)12-17-3-5-20(6-4-17)29-15-18-2-1-9-28-26(18)19-8-11-33-16-19/h2-4,9-12,14,18,20,30H,5-8,13,15-16H2,1H3;1-4,9-12,14,17,19,29H,5-8,13,15-16H2;1-2,7-11,13,16-17,20,29H,3-6,12,14-15H2/b24-14-;23-14-;23-13-. The molecule has 0 amide bonds. The van der Waals surface area contributed by atoms with Crippen LogP contribution in [0.3, 0.4) is 0 Å². The Balaban J connectivity index is 0.000000138. The molecule has 0 aromatic carbocycles. The Labute approximate surface area is 619 Å². The number of pyridine rings is 3. The average Bonchev–Trinajstić information content (AvgIpc) is 1.84. The van der Waals surface area contributed by atoms with Crippen molar-refractivity contribution in [3.63, 3.8) is 0 Å². The first kappa shape index (κ1) is 72.9. The lowest BCUT2D eigenvalue weighted by Gasteiger charge is -2.29. The van der Waals surface area contributed by atoms with Crippen LogP contribution in [0.5, 0.6) is 0 Å². The molecular weight excluding hydrogens is 1390 g/mol. The number of aryl methyl sites for hydroxylation is 1. The zero-order valence-electron chi connectivity index (χ0n) is 57.2. The number of thiophene rings is 2. The number of nitrogens with zero attached hydrogens (tertiary/aromatic N) is 9. The van der Waals surface area contributed by atoms with Gasteiger partial charge in [-0.05, 0) is 244 Å². The molecule has 528 valence electrons. The molecule has 0 unspecified atom stereocenters. The zero-order valence-corrected chi connectivity index (χ0v) is 61.3. The van der Waals surface area contributed by atoms with Gasteiger partial charge in [0.15, 0.2) is 23.1 Å². The van der Waals surface area contributed by atoms with Gasteiger partial charge in [-0.15, -0.1) is 11.3 Å². The van der Waals surface area contributed by atoms with E-state index in [1.54, 1.807) is 90.2 Å². The number of aromatic nitrogens is 9. The third-order valence-electron chi connectivity index (χ3n) is 19.3. The van der Waals surface area contributed by atoms with Crippen LogP contribution in [0, 0.1) is 24.7 Å². The molecule has 0 atom stereocenters. The highest BCUT2D eigenvalue weighted by atomic mass is 32.2. The SMILES string of the molecule is Cc1ccc(-c2ncccc2CNC2CCC(Cc3nccc(/C=C4\SC(=O)CC4=O)n3)CC2)s1.O=C1CC(=O)/C(=C/c2ccnc(CC3CCC(NCc4cccnc4-c4ccco4)CC3)n2)S1.O=C1CC(=O)/C(=C/c2ccnc(CC3CCC(NCc4cccnc4-c4ccsc4)CC3)n2)S1. The molecule has 9 aromatic rings. The van der Waals surface area contributed by atoms with Crippen LogP contribution < -0.4 is 16.0 Å². The van der Waals surface area contributed by atoms with Gasteiger partial charge in [-0.25, -0.2) is 29.9 Å². The van der Waals surface area contributed by atoms with Crippen LogP contribution in [0.1, 0.15) is 152 Å². The van der Waals surface area contributed by atoms with Gasteiger partial charge in [0.05, 0.1) is 73.6 Å². The summed E-state index contributed by atoms with van der Waals surface area (Å²) in [5.74, 6) is 4.52. The van der Waals surface area contributed by atoms with E-state index < -0.39 is 0 Å². The third-order valence-corrected chi connectivity index (χ3v) is 23.8. The number of thioether (sulfide) groups is 3. The Hall–Kier alpha value is -8.46. The van der Waals surface area contributed by atoms with Crippen LogP contribution in [0.2, 0.25) is 0 Å². The number of furan rings is 1. The lowest BCUT2D eigenvalue weighted by atomic mass is 9.84. The quantitative estimate of drug-likeness (QED) is 0.0446. The molecule has 9 aromatic heterocycles. The summed E-state index contributed by atoms with van der Waals surface area (Å²) in [5.41, 5.74) is 9.94. The van der Waals surface area contributed by atoms with E-state index in [4.69, 9.17) is 4.42 Å². The van der Waals surface area contributed by atoms with Gasteiger partial charge in [-0.3, -0.25) is 43.7 Å². The number of hydrogen-bond donors (Lipinski definition) is 3. The first-order valence-corrected chi connectivity index (χ1v) is 39.5. The first-order valence-electron chi connectivity index (χ1n) is 35.3. The second-order valence-corrected chi connectivity index (χ2v) is 32.1. The maximum absolute atomic E-state index is 11.9. The highest BCUT2D eigenvalue weighted by molar-refractivity contribution is 8.19. The number of carbonyl (C=O) groups is 6. The normalized spacial score (nSPS) is 21.9. The predicted molar refractivity (Wildman–Crippen MR) is 407 cm³/mol. The zero-order chi connectivity index (χ0) is 70.9. The molecule has 0 bridgehead atoms. The molecule has 12 heterocycles. The fourth-order valence-electron chi connectivity index (χ4n) is 13.9.